The number of aromatic nitrogens is 2. The number of benzene rings is 1. The Balaban J connectivity index is 1.41. The van der Waals surface area contributed by atoms with E-state index < -0.39 is 77.3 Å². The van der Waals surface area contributed by atoms with Gasteiger partial charge in [-0.3, -0.25) is 29.4 Å². The predicted octanol–water partition coefficient (Wildman–Crippen LogP) is 6.33. The molecular weight excluding hydrogens is 712 g/mol. The van der Waals surface area contributed by atoms with Crippen molar-refractivity contribution in [2.75, 3.05) is 25.3 Å². The number of ether oxygens (including phenoxy) is 1. The molecule has 2 saturated carbocycles. The van der Waals surface area contributed by atoms with Crippen LogP contribution in [0.3, 0.4) is 0 Å². The second kappa shape index (κ2) is 13.0. The molecule has 0 spiro atoms. The number of halogens is 9. The third-order valence-electron chi connectivity index (χ3n) is 8.97. The van der Waals surface area contributed by atoms with Crippen molar-refractivity contribution in [2.24, 2.45) is 11.8 Å². The molecule has 0 bridgehead atoms. The third kappa shape index (κ3) is 6.82. The van der Waals surface area contributed by atoms with Gasteiger partial charge in [-0.2, -0.15) is 45.5 Å². The van der Waals surface area contributed by atoms with Gasteiger partial charge in [0.1, 0.15) is 16.8 Å². The summed E-state index contributed by atoms with van der Waals surface area (Å²) in [6.07, 6.45) is -9.49. The number of hydrogen-bond acceptors (Lipinski definition) is 8. The Labute approximate surface area is 283 Å². The van der Waals surface area contributed by atoms with Crippen LogP contribution in [0.1, 0.15) is 65.7 Å². The first kappa shape index (κ1) is 36.8. The summed E-state index contributed by atoms with van der Waals surface area (Å²) in [5.41, 5.74) is -5.97. The van der Waals surface area contributed by atoms with Crippen LogP contribution >= 0.6 is 11.6 Å². The maximum Gasteiger partial charge on any atom is 0.459 e. The second-order valence-corrected chi connectivity index (χ2v) is 12.6. The quantitative estimate of drug-likeness (QED) is 0.171. The fraction of sp³-hybridized carbons (Fsp3) is 0.500. The minimum absolute atomic E-state index is 0.106. The summed E-state index contributed by atoms with van der Waals surface area (Å²) in [6, 6.07) is 5.95. The smallest absolute Gasteiger partial charge is 0.459 e. The van der Waals surface area contributed by atoms with E-state index >= 15 is 0 Å². The van der Waals surface area contributed by atoms with Gasteiger partial charge in [0.25, 0.3) is 5.91 Å². The number of amides is 1. The van der Waals surface area contributed by atoms with Gasteiger partial charge in [-0.05, 0) is 61.8 Å². The fourth-order valence-electron chi connectivity index (χ4n) is 5.93. The number of aromatic amines is 1. The standard InChI is InChI=1S/C30H27ClF8N6O5/c1-43-11-18(12-45(43)23-21(29(34,35)36)22(41-42-23)28(32,33)30(37,38)39)17-6-7-20(31)19(10-17)24(46)44(27(13-40)8-9-27)14-50-26(49)16-4-2-15(3-5-16)25(47)48/h6-7,10,12,15-16H,2-5,8-9,11,14H2,1H3,(H,41,42)(H,47,48). The first-order chi connectivity index (χ1) is 23.2. The molecule has 0 unspecified atom stereocenters. The molecule has 2 heterocycles. The van der Waals surface area contributed by atoms with Crippen LogP contribution in [0.25, 0.3) is 5.57 Å². The normalized spacial score (nSPS) is 21.0. The average Bonchev–Trinajstić information content (AvgIpc) is 3.52. The van der Waals surface area contributed by atoms with E-state index in [1.807, 2.05) is 6.07 Å². The van der Waals surface area contributed by atoms with Crippen LogP contribution in [0.2, 0.25) is 5.02 Å². The van der Waals surface area contributed by atoms with Crippen LogP contribution in [-0.2, 0) is 26.4 Å². The number of anilines is 1. The number of hydrazine groups is 1. The number of alkyl halides is 8. The van der Waals surface area contributed by atoms with Crippen molar-refractivity contribution < 1.29 is 59.4 Å². The van der Waals surface area contributed by atoms with Gasteiger partial charge in [-0.25, -0.2) is 5.01 Å². The summed E-state index contributed by atoms with van der Waals surface area (Å²) in [5.74, 6) is -10.8. The zero-order valence-corrected chi connectivity index (χ0v) is 26.6. The number of carboxylic acids is 1. The molecule has 0 saturated heterocycles. The molecule has 2 N–H and O–H groups in total. The van der Waals surface area contributed by atoms with Gasteiger partial charge in [-0.15, -0.1) is 0 Å². The highest BCUT2D eigenvalue weighted by molar-refractivity contribution is 6.34. The Morgan fingerprint density at radius 2 is 1.72 bits per heavy atom. The first-order valence-corrected chi connectivity index (χ1v) is 15.3. The fourth-order valence-corrected chi connectivity index (χ4v) is 6.13. The summed E-state index contributed by atoms with van der Waals surface area (Å²) < 4.78 is 115. The number of carbonyl (C=O) groups excluding carboxylic acids is 2. The molecule has 1 aliphatic heterocycles. The van der Waals surface area contributed by atoms with E-state index in [1.165, 1.54) is 30.3 Å². The van der Waals surface area contributed by atoms with Crippen LogP contribution in [-0.4, -0.2) is 75.1 Å². The molecule has 1 amide bonds. The van der Waals surface area contributed by atoms with E-state index in [2.05, 4.69) is 5.10 Å². The second-order valence-electron chi connectivity index (χ2n) is 12.2. The predicted molar refractivity (Wildman–Crippen MR) is 156 cm³/mol. The largest absolute Gasteiger partial charge is 0.481 e. The number of H-pyrrole nitrogens is 1. The average molecular weight is 739 g/mol. The number of hydrogen-bond donors (Lipinski definition) is 2. The van der Waals surface area contributed by atoms with Crippen molar-refractivity contribution in [1.29, 1.82) is 5.26 Å². The lowest BCUT2D eigenvalue weighted by atomic mass is 9.82. The van der Waals surface area contributed by atoms with Gasteiger partial charge in [0.2, 0.25) is 0 Å². The number of nitrogens with zero attached hydrogens (tertiary/aromatic N) is 5. The van der Waals surface area contributed by atoms with Crippen molar-refractivity contribution in [2.45, 2.75) is 62.3 Å². The number of esters is 1. The van der Waals surface area contributed by atoms with Crippen LogP contribution in [0, 0.1) is 23.2 Å². The molecule has 3 aliphatic rings. The summed E-state index contributed by atoms with van der Waals surface area (Å²) in [6.45, 7) is -0.855. The van der Waals surface area contributed by atoms with Gasteiger partial charge in [0.05, 0.1) is 28.5 Å². The molecule has 5 rings (SSSR count). The number of aliphatic carboxylic acids is 1. The molecular formula is C30H27ClF8N6O5. The SMILES string of the molecule is CN1CC(c2ccc(Cl)c(C(=O)N(COC(=O)C3CCC(C(=O)O)CC3)C3(C#N)CC3)c2)=CN1c1n[nH]c(C(F)(F)C(F)(F)F)c1C(F)(F)F. The first-order valence-electron chi connectivity index (χ1n) is 15.0. The summed E-state index contributed by atoms with van der Waals surface area (Å²) in [5, 5.41) is 25.0. The maximum atomic E-state index is 14.1. The molecule has 1 aromatic heterocycles. The van der Waals surface area contributed by atoms with Crippen molar-refractivity contribution >= 4 is 40.8 Å². The molecule has 270 valence electrons. The number of rotatable bonds is 9. The van der Waals surface area contributed by atoms with E-state index in [4.69, 9.17) is 16.3 Å². The van der Waals surface area contributed by atoms with Gasteiger partial charge in [0, 0.05) is 19.8 Å². The topological polar surface area (TPSA) is 143 Å². The van der Waals surface area contributed by atoms with Crippen molar-refractivity contribution in [3.63, 3.8) is 0 Å². The molecule has 0 atom stereocenters. The molecule has 2 fully saturated rings. The molecule has 2 aromatic rings. The van der Waals surface area contributed by atoms with Crippen LogP contribution in [0.4, 0.5) is 40.9 Å². The third-order valence-corrected chi connectivity index (χ3v) is 9.30. The zero-order chi connectivity index (χ0) is 37.0. The van der Waals surface area contributed by atoms with Gasteiger partial charge >= 0.3 is 30.2 Å². The van der Waals surface area contributed by atoms with Crippen molar-refractivity contribution in [1.82, 2.24) is 20.1 Å². The van der Waals surface area contributed by atoms with E-state index in [9.17, 15) is 59.9 Å². The van der Waals surface area contributed by atoms with Crippen molar-refractivity contribution in [3.8, 4) is 6.07 Å². The molecule has 1 aromatic carbocycles. The number of nitriles is 1. The molecule has 11 nitrogen and oxygen atoms in total. The van der Waals surface area contributed by atoms with Crippen LogP contribution in [0.15, 0.2) is 24.4 Å². The van der Waals surface area contributed by atoms with Gasteiger partial charge < -0.3 is 9.84 Å². The minimum atomic E-state index is -6.36. The lowest BCUT2D eigenvalue weighted by molar-refractivity contribution is -0.292. The minimum Gasteiger partial charge on any atom is -0.481 e. The number of likely N-dealkylation sites (N-methyl/N-ethyl adjacent to an activating group) is 1. The lowest BCUT2D eigenvalue weighted by Gasteiger charge is -2.29. The highest BCUT2D eigenvalue weighted by Crippen LogP contribution is 2.50. The number of nitrogens with one attached hydrogen (secondary N) is 1. The number of carboxylic acid groups (broad SMARTS) is 1. The van der Waals surface area contributed by atoms with Gasteiger partial charge in [-0.1, -0.05) is 17.7 Å². The monoisotopic (exact) mass is 738 g/mol. The van der Waals surface area contributed by atoms with E-state index in [0.29, 0.717) is 5.01 Å². The Kier molecular flexibility index (Phi) is 9.60. The maximum absolute atomic E-state index is 14.1. The van der Waals surface area contributed by atoms with E-state index in [1.54, 1.807) is 0 Å². The van der Waals surface area contributed by atoms with Crippen LogP contribution in [0.5, 0.6) is 0 Å². The van der Waals surface area contributed by atoms with E-state index in [0.717, 1.165) is 16.1 Å². The Bertz CT molecular complexity index is 1760. The number of carbonyl (C=O) groups is 3. The highest BCUT2D eigenvalue weighted by Gasteiger charge is 2.63. The lowest BCUT2D eigenvalue weighted by Crippen LogP contribution is -2.44. The Morgan fingerprint density at radius 3 is 2.26 bits per heavy atom. The van der Waals surface area contributed by atoms with Crippen LogP contribution < -0.4 is 5.01 Å². The van der Waals surface area contributed by atoms with E-state index in [-0.39, 0.29) is 66.8 Å². The highest BCUT2D eigenvalue weighted by atomic mass is 35.5. The summed E-state index contributed by atoms with van der Waals surface area (Å²) >= 11 is 6.36. The van der Waals surface area contributed by atoms with Crippen molar-refractivity contribution in [3.05, 3.63) is 51.8 Å². The van der Waals surface area contributed by atoms with Gasteiger partial charge in [0.15, 0.2) is 12.5 Å². The molecule has 50 heavy (non-hydrogen) atoms. The zero-order valence-electron chi connectivity index (χ0n) is 25.8. The summed E-state index contributed by atoms with van der Waals surface area (Å²) in [7, 11) is 1.22. The Morgan fingerprint density at radius 1 is 1.10 bits per heavy atom. The Hall–Kier alpha value is -4.44. The summed E-state index contributed by atoms with van der Waals surface area (Å²) in [4.78, 5) is 39.0. The molecule has 20 heteroatoms. The molecule has 0 radical (unpaired) electrons. The molecule has 2 aliphatic carbocycles.